The van der Waals surface area contributed by atoms with Crippen molar-refractivity contribution in [1.29, 1.82) is 0 Å². The first-order valence-electron chi connectivity index (χ1n) is 6.80. The fourth-order valence-electron chi connectivity index (χ4n) is 2.86. The van der Waals surface area contributed by atoms with E-state index >= 15 is 0 Å². The molecule has 0 aliphatic heterocycles. The molecule has 0 fully saturated rings. The third-order valence-electron chi connectivity index (χ3n) is 4.05. The molecule has 3 nitrogen and oxygen atoms in total. The Labute approximate surface area is 129 Å². The van der Waals surface area contributed by atoms with E-state index in [1.807, 2.05) is 24.3 Å². The van der Waals surface area contributed by atoms with Crippen LogP contribution in [0.4, 0.5) is 0 Å². The molecule has 0 heterocycles. The SMILES string of the molecule is NC(C1Cc2ccccc2C1)S(=O)(=O)c1ccc(Cl)cc1. The van der Waals surface area contributed by atoms with E-state index in [9.17, 15) is 8.42 Å². The van der Waals surface area contributed by atoms with Crippen LogP contribution < -0.4 is 5.73 Å². The molecule has 1 aliphatic rings. The highest BCUT2D eigenvalue weighted by atomic mass is 35.5. The smallest absolute Gasteiger partial charge is 0.194 e. The zero-order valence-electron chi connectivity index (χ0n) is 11.4. The summed E-state index contributed by atoms with van der Waals surface area (Å²) in [5, 5.41) is -0.387. The van der Waals surface area contributed by atoms with Crippen molar-refractivity contribution in [3.05, 3.63) is 64.7 Å². The summed E-state index contributed by atoms with van der Waals surface area (Å²) in [5.74, 6) is -0.0805. The molecular weight excluding hydrogens is 306 g/mol. The lowest BCUT2D eigenvalue weighted by Gasteiger charge is -2.19. The number of nitrogens with two attached hydrogens (primary N) is 1. The Kier molecular flexibility index (Phi) is 3.78. The molecule has 1 aliphatic carbocycles. The molecule has 0 saturated carbocycles. The number of hydrogen-bond donors (Lipinski definition) is 1. The van der Waals surface area contributed by atoms with Gasteiger partial charge < -0.3 is 5.73 Å². The predicted octanol–water partition coefficient (Wildman–Crippen LogP) is 2.81. The Morgan fingerprint density at radius 2 is 1.52 bits per heavy atom. The number of hydrogen-bond acceptors (Lipinski definition) is 3. The molecule has 0 aromatic heterocycles. The van der Waals surface area contributed by atoms with Crippen molar-refractivity contribution in [2.45, 2.75) is 23.1 Å². The van der Waals surface area contributed by atoms with Gasteiger partial charge in [0, 0.05) is 5.02 Å². The van der Waals surface area contributed by atoms with Gasteiger partial charge in [-0.3, -0.25) is 0 Å². The Balaban J connectivity index is 1.86. The molecule has 0 spiro atoms. The molecule has 2 aromatic carbocycles. The van der Waals surface area contributed by atoms with Gasteiger partial charge in [-0.25, -0.2) is 8.42 Å². The first-order valence-corrected chi connectivity index (χ1v) is 8.73. The van der Waals surface area contributed by atoms with Gasteiger partial charge in [0.05, 0.1) is 4.90 Å². The average molecular weight is 322 g/mol. The normalized spacial score (nSPS) is 16.7. The Hall–Kier alpha value is -1.36. The summed E-state index contributed by atoms with van der Waals surface area (Å²) in [7, 11) is -3.54. The molecule has 0 bridgehead atoms. The second-order valence-electron chi connectivity index (χ2n) is 5.40. The topological polar surface area (TPSA) is 60.2 Å². The summed E-state index contributed by atoms with van der Waals surface area (Å²) in [6.45, 7) is 0. The third-order valence-corrected chi connectivity index (χ3v) is 6.33. The van der Waals surface area contributed by atoms with Gasteiger partial charge in [-0.2, -0.15) is 0 Å². The van der Waals surface area contributed by atoms with E-state index in [2.05, 4.69) is 0 Å². The third kappa shape index (κ3) is 2.71. The lowest BCUT2D eigenvalue weighted by Crippen LogP contribution is -2.38. The van der Waals surface area contributed by atoms with Crippen LogP contribution in [-0.4, -0.2) is 13.8 Å². The zero-order valence-corrected chi connectivity index (χ0v) is 12.9. The van der Waals surface area contributed by atoms with Gasteiger partial charge in [0.15, 0.2) is 9.84 Å². The standard InChI is InChI=1S/C16H16ClNO2S/c17-14-5-7-15(8-6-14)21(19,20)16(18)13-9-11-3-1-2-4-12(11)10-13/h1-8,13,16H,9-10,18H2. The van der Waals surface area contributed by atoms with Crippen LogP contribution in [0.5, 0.6) is 0 Å². The first kappa shape index (κ1) is 14.6. The Bertz CT molecular complexity index is 731. The van der Waals surface area contributed by atoms with E-state index in [1.54, 1.807) is 12.1 Å². The zero-order chi connectivity index (χ0) is 15.0. The van der Waals surface area contributed by atoms with Gasteiger partial charge in [-0.05, 0) is 54.2 Å². The summed E-state index contributed by atoms with van der Waals surface area (Å²) >= 11 is 5.80. The van der Waals surface area contributed by atoms with Crippen molar-refractivity contribution in [1.82, 2.24) is 0 Å². The molecule has 110 valence electrons. The van der Waals surface area contributed by atoms with Crippen LogP contribution in [0.2, 0.25) is 5.02 Å². The van der Waals surface area contributed by atoms with Gasteiger partial charge in [0.25, 0.3) is 0 Å². The van der Waals surface area contributed by atoms with Crippen LogP contribution in [0.15, 0.2) is 53.4 Å². The Morgan fingerprint density at radius 3 is 2.05 bits per heavy atom. The minimum atomic E-state index is -3.54. The highest BCUT2D eigenvalue weighted by Gasteiger charge is 2.35. The quantitative estimate of drug-likeness (QED) is 0.945. The maximum Gasteiger partial charge on any atom is 0.194 e. The second kappa shape index (κ2) is 5.44. The van der Waals surface area contributed by atoms with E-state index in [0.29, 0.717) is 17.9 Å². The van der Waals surface area contributed by atoms with Crippen LogP contribution >= 0.6 is 11.6 Å². The molecule has 1 unspecified atom stereocenters. The molecule has 0 saturated heterocycles. The summed E-state index contributed by atoms with van der Waals surface area (Å²) < 4.78 is 25.2. The van der Waals surface area contributed by atoms with E-state index < -0.39 is 15.2 Å². The minimum Gasteiger partial charge on any atom is -0.315 e. The number of fused-ring (bicyclic) bond motifs is 1. The van der Waals surface area contributed by atoms with Crippen LogP contribution in [0, 0.1) is 5.92 Å². The lowest BCUT2D eigenvalue weighted by molar-refractivity contribution is 0.497. The molecule has 2 aromatic rings. The van der Waals surface area contributed by atoms with Crippen molar-refractivity contribution < 1.29 is 8.42 Å². The summed E-state index contributed by atoms with van der Waals surface area (Å²) in [6, 6.07) is 14.2. The van der Waals surface area contributed by atoms with Crippen LogP contribution in [0.3, 0.4) is 0 Å². The van der Waals surface area contributed by atoms with E-state index in [4.69, 9.17) is 17.3 Å². The number of sulfone groups is 1. The predicted molar refractivity (Wildman–Crippen MR) is 84.0 cm³/mol. The highest BCUT2D eigenvalue weighted by Crippen LogP contribution is 2.31. The summed E-state index contributed by atoms with van der Waals surface area (Å²) in [5.41, 5.74) is 8.48. The maximum absolute atomic E-state index is 12.6. The van der Waals surface area contributed by atoms with Crippen molar-refractivity contribution in [2.75, 3.05) is 0 Å². The molecule has 2 N–H and O–H groups in total. The molecule has 0 radical (unpaired) electrons. The molecule has 5 heteroatoms. The van der Waals surface area contributed by atoms with Gasteiger partial charge in [-0.1, -0.05) is 35.9 Å². The van der Waals surface area contributed by atoms with Crippen LogP contribution in [0.1, 0.15) is 11.1 Å². The van der Waals surface area contributed by atoms with Gasteiger partial charge in [0.2, 0.25) is 0 Å². The monoisotopic (exact) mass is 321 g/mol. The maximum atomic E-state index is 12.6. The summed E-state index contributed by atoms with van der Waals surface area (Å²) in [6.07, 6.45) is 1.42. The average Bonchev–Trinajstić information content (AvgIpc) is 2.90. The minimum absolute atomic E-state index is 0.0805. The second-order valence-corrected chi connectivity index (χ2v) is 7.94. The van der Waals surface area contributed by atoms with Crippen LogP contribution in [-0.2, 0) is 22.7 Å². The fourth-order valence-corrected chi connectivity index (χ4v) is 4.51. The number of rotatable bonds is 3. The molecule has 1 atom stereocenters. The lowest BCUT2D eigenvalue weighted by atomic mass is 10.1. The van der Waals surface area contributed by atoms with Crippen molar-refractivity contribution in [3.8, 4) is 0 Å². The number of halogens is 1. The first-order chi connectivity index (χ1) is 9.98. The fraction of sp³-hybridized carbons (Fsp3) is 0.250. The molecule has 3 rings (SSSR count). The molecule has 21 heavy (non-hydrogen) atoms. The summed E-state index contributed by atoms with van der Waals surface area (Å²) in [4.78, 5) is 0.232. The molecular formula is C16H16ClNO2S. The van der Waals surface area contributed by atoms with Crippen molar-refractivity contribution >= 4 is 21.4 Å². The van der Waals surface area contributed by atoms with Crippen molar-refractivity contribution in [2.24, 2.45) is 11.7 Å². The highest BCUT2D eigenvalue weighted by molar-refractivity contribution is 7.92. The van der Waals surface area contributed by atoms with Gasteiger partial charge in [0.1, 0.15) is 5.37 Å². The Morgan fingerprint density at radius 1 is 1.00 bits per heavy atom. The largest absolute Gasteiger partial charge is 0.315 e. The van der Waals surface area contributed by atoms with E-state index in [0.717, 1.165) is 0 Å². The van der Waals surface area contributed by atoms with Crippen LogP contribution in [0.25, 0.3) is 0 Å². The van der Waals surface area contributed by atoms with Gasteiger partial charge >= 0.3 is 0 Å². The number of benzene rings is 2. The van der Waals surface area contributed by atoms with E-state index in [-0.39, 0.29) is 10.8 Å². The van der Waals surface area contributed by atoms with Crippen molar-refractivity contribution in [3.63, 3.8) is 0 Å². The molecule has 0 amide bonds. The van der Waals surface area contributed by atoms with Gasteiger partial charge in [-0.15, -0.1) is 0 Å². The van der Waals surface area contributed by atoms with E-state index in [1.165, 1.54) is 23.3 Å².